The molecule has 1 saturated heterocycles. The smallest absolute Gasteiger partial charge is 0.306 e. The molecule has 0 radical (unpaired) electrons. The Morgan fingerprint density at radius 3 is 2.53 bits per heavy atom. The Morgan fingerprint density at radius 2 is 1.84 bits per heavy atom. The van der Waals surface area contributed by atoms with Crippen LogP contribution in [0.1, 0.15) is 41.8 Å². The molecule has 172 valence electrons. The minimum Gasteiger partial charge on any atom is -0.456 e. The van der Waals surface area contributed by atoms with Crippen molar-refractivity contribution in [2.75, 3.05) is 25.0 Å². The van der Waals surface area contributed by atoms with Gasteiger partial charge in [-0.05, 0) is 42.5 Å². The molecule has 1 aliphatic heterocycles. The normalized spacial score (nSPS) is 14.7. The van der Waals surface area contributed by atoms with E-state index in [4.69, 9.17) is 16.3 Å². The number of rotatable bonds is 9. The summed E-state index contributed by atoms with van der Waals surface area (Å²) in [5.41, 5.74) is 0.110. The number of amides is 1. The number of thiophene rings is 1. The Labute approximate surface area is 195 Å². The Bertz CT molecular complexity index is 1080. The number of esters is 1. The molecular weight excluding hydrogens is 476 g/mol. The molecule has 0 bridgehead atoms. The second-order valence-corrected chi connectivity index (χ2v) is 10.5. The van der Waals surface area contributed by atoms with E-state index in [-0.39, 0.29) is 34.2 Å². The molecule has 0 aliphatic carbocycles. The third-order valence-corrected chi connectivity index (χ3v) is 8.02. The van der Waals surface area contributed by atoms with Gasteiger partial charge in [-0.1, -0.05) is 24.1 Å². The third kappa shape index (κ3) is 6.38. The molecule has 3 rings (SSSR count). The lowest BCUT2D eigenvalue weighted by Gasteiger charge is -2.26. The van der Waals surface area contributed by atoms with Crippen LogP contribution in [-0.2, 0) is 24.3 Å². The fourth-order valence-electron chi connectivity index (χ4n) is 3.20. The Hall–Kier alpha value is -2.27. The van der Waals surface area contributed by atoms with Crippen molar-refractivity contribution in [2.24, 2.45) is 0 Å². The van der Waals surface area contributed by atoms with Crippen molar-refractivity contribution < 1.29 is 27.5 Å². The fourth-order valence-corrected chi connectivity index (χ4v) is 5.60. The van der Waals surface area contributed by atoms with Gasteiger partial charge in [0.2, 0.25) is 10.0 Å². The monoisotopic (exact) mass is 498 g/mol. The van der Waals surface area contributed by atoms with E-state index in [1.54, 1.807) is 17.5 Å². The number of hydrogen-bond acceptors (Lipinski definition) is 7. The average Bonchev–Trinajstić information content (AvgIpc) is 3.33. The Balaban J connectivity index is 1.53. The molecule has 0 spiro atoms. The first kappa shape index (κ1) is 24.4. The van der Waals surface area contributed by atoms with Gasteiger partial charge in [0.05, 0.1) is 26.9 Å². The van der Waals surface area contributed by atoms with E-state index in [0.717, 1.165) is 19.3 Å². The van der Waals surface area contributed by atoms with Crippen molar-refractivity contribution in [1.29, 1.82) is 0 Å². The van der Waals surface area contributed by atoms with E-state index in [1.807, 2.05) is 0 Å². The van der Waals surface area contributed by atoms with E-state index in [2.05, 4.69) is 5.32 Å². The number of sulfonamides is 1. The number of hydrogen-bond donors (Lipinski definition) is 1. The highest BCUT2D eigenvalue weighted by Gasteiger charge is 2.26. The summed E-state index contributed by atoms with van der Waals surface area (Å²) in [4.78, 5) is 36.5. The second kappa shape index (κ2) is 11.0. The lowest BCUT2D eigenvalue weighted by atomic mass is 10.2. The van der Waals surface area contributed by atoms with Crippen LogP contribution >= 0.6 is 22.9 Å². The number of carbonyl (C=O) groups is 3. The maximum Gasteiger partial charge on any atom is 0.306 e. The molecule has 8 nitrogen and oxygen atoms in total. The van der Waals surface area contributed by atoms with Crippen LogP contribution in [0.3, 0.4) is 0 Å². The number of Topliss-reactive ketones (excluding diaryl/α,β-unsaturated/α-hetero) is 1. The molecule has 1 amide bonds. The van der Waals surface area contributed by atoms with Crippen LogP contribution in [0.5, 0.6) is 0 Å². The largest absolute Gasteiger partial charge is 0.456 e. The van der Waals surface area contributed by atoms with Gasteiger partial charge in [0, 0.05) is 19.5 Å². The van der Waals surface area contributed by atoms with Crippen LogP contribution in [0.25, 0.3) is 0 Å². The number of halogens is 1. The number of piperidine rings is 1. The number of anilines is 1. The minimum atomic E-state index is -3.69. The van der Waals surface area contributed by atoms with Gasteiger partial charge < -0.3 is 10.1 Å². The predicted molar refractivity (Wildman–Crippen MR) is 122 cm³/mol. The maximum absolute atomic E-state index is 12.8. The van der Waals surface area contributed by atoms with Crippen molar-refractivity contribution in [1.82, 2.24) is 4.31 Å². The summed E-state index contributed by atoms with van der Waals surface area (Å²) in [7, 11) is -3.69. The quantitative estimate of drug-likeness (QED) is 0.416. The van der Waals surface area contributed by atoms with Gasteiger partial charge in [-0.3, -0.25) is 14.4 Å². The summed E-state index contributed by atoms with van der Waals surface area (Å²) < 4.78 is 32.0. The van der Waals surface area contributed by atoms with Crippen LogP contribution in [0.2, 0.25) is 5.02 Å². The first-order valence-corrected chi connectivity index (χ1v) is 12.8. The highest BCUT2D eigenvalue weighted by atomic mass is 35.5. The first-order chi connectivity index (χ1) is 15.3. The van der Waals surface area contributed by atoms with Gasteiger partial charge in [-0.25, -0.2) is 8.42 Å². The van der Waals surface area contributed by atoms with Crippen LogP contribution in [0, 0.1) is 0 Å². The van der Waals surface area contributed by atoms with E-state index in [9.17, 15) is 22.8 Å². The lowest BCUT2D eigenvalue weighted by molar-refractivity contribution is -0.147. The highest BCUT2D eigenvalue weighted by Crippen LogP contribution is 2.28. The highest BCUT2D eigenvalue weighted by molar-refractivity contribution is 7.89. The van der Waals surface area contributed by atoms with Gasteiger partial charge in [-0.2, -0.15) is 4.31 Å². The average molecular weight is 499 g/mol. The molecule has 1 aliphatic rings. The third-order valence-electron chi connectivity index (χ3n) is 4.88. The van der Waals surface area contributed by atoms with E-state index < -0.39 is 28.5 Å². The molecule has 1 aromatic carbocycles. The summed E-state index contributed by atoms with van der Waals surface area (Å²) in [6.45, 7) is 0.334. The molecule has 1 N–H and O–H groups in total. The number of carbonyl (C=O) groups excluding carboxylic acids is 3. The molecule has 32 heavy (non-hydrogen) atoms. The van der Waals surface area contributed by atoms with Gasteiger partial charge in [0.1, 0.15) is 0 Å². The number of ether oxygens (including phenoxy) is 1. The van der Waals surface area contributed by atoms with Crippen molar-refractivity contribution >= 4 is 56.3 Å². The zero-order chi connectivity index (χ0) is 23.1. The number of nitrogens with zero attached hydrogens (tertiary/aromatic N) is 1. The SMILES string of the molecule is O=C(COC(=O)CCC(=O)c1cccs1)Nc1cc(S(=O)(=O)N2CCCCC2)ccc1Cl. The molecular formula is C21H23ClN2O6S2. The molecule has 1 fully saturated rings. The van der Waals surface area contributed by atoms with Gasteiger partial charge in [-0.15, -0.1) is 11.3 Å². The predicted octanol–water partition coefficient (Wildman–Crippen LogP) is 3.72. The van der Waals surface area contributed by atoms with Crippen LogP contribution in [0.15, 0.2) is 40.6 Å². The van der Waals surface area contributed by atoms with Gasteiger partial charge in [0.25, 0.3) is 5.91 Å². The summed E-state index contributed by atoms with van der Waals surface area (Å²) in [5.74, 6) is -1.52. The maximum atomic E-state index is 12.8. The topological polar surface area (TPSA) is 110 Å². The molecule has 11 heteroatoms. The Kier molecular flexibility index (Phi) is 8.41. The summed E-state index contributed by atoms with van der Waals surface area (Å²) in [5, 5.41) is 4.40. The van der Waals surface area contributed by atoms with Gasteiger partial charge >= 0.3 is 5.97 Å². The van der Waals surface area contributed by atoms with Crippen LogP contribution in [0.4, 0.5) is 5.69 Å². The number of nitrogens with one attached hydrogen (secondary N) is 1. The summed E-state index contributed by atoms with van der Waals surface area (Å²) in [6, 6.07) is 7.52. The first-order valence-electron chi connectivity index (χ1n) is 10.1. The standard InChI is InChI=1S/C21H23ClN2O6S2/c22-16-7-6-15(32(28,29)24-10-2-1-3-11-24)13-17(16)23-20(26)14-30-21(27)9-8-18(25)19-5-4-12-31-19/h4-7,12-13H,1-3,8-11,14H2,(H,23,26). The second-order valence-electron chi connectivity index (χ2n) is 7.22. The molecule has 2 heterocycles. The van der Waals surface area contributed by atoms with Crippen LogP contribution < -0.4 is 5.32 Å². The van der Waals surface area contributed by atoms with Crippen molar-refractivity contribution in [3.05, 3.63) is 45.6 Å². The zero-order valence-electron chi connectivity index (χ0n) is 17.2. The van der Waals surface area contributed by atoms with Crippen molar-refractivity contribution in [3.63, 3.8) is 0 Å². The number of ketones is 1. The molecule has 0 unspecified atom stereocenters. The van der Waals surface area contributed by atoms with E-state index in [0.29, 0.717) is 18.0 Å². The van der Waals surface area contributed by atoms with Crippen LogP contribution in [-0.4, -0.2) is 50.1 Å². The molecule has 2 aromatic rings. The lowest BCUT2D eigenvalue weighted by Crippen LogP contribution is -2.35. The summed E-state index contributed by atoms with van der Waals surface area (Å²) >= 11 is 7.40. The van der Waals surface area contributed by atoms with Crippen molar-refractivity contribution in [3.8, 4) is 0 Å². The molecule has 0 saturated carbocycles. The minimum absolute atomic E-state index is 0.0107. The van der Waals surface area contributed by atoms with E-state index >= 15 is 0 Å². The molecule has 0 atom stereocenters. The van der Waals surface area contributed by atoms with Gasteiger partial charge in [0.15, 0.2) is 12.4 Å². The summed E-state index contributed by atoms with van der Waals surface area (Å²) in [6.07, 6.45) is 2.45. The van der Waals surface area contributed by atoms with Crippen molar-refractivity contribution in [2.45, 2.75) is 37.0 Å². The number of benzene rings is 1. The Morgan fingerprint density at radius 1 is 1.09 bits per heavy atom. The zero-order valence-corrected chi connectivity index (χ0v) is 19.6. The fraction of sp³-hybridized carbons (Fsp3) is 0.381. The van der Waals surface area contributed by atoms with E-state index in [1.165, 1.54) is 33.8 Å². The molecule has 1 aromatic heterocycles.